The van der Waals surface area contributed by atoms with Crippen molar-refractivity contribution < 1.29 is 4.79 Å². The van der Waals surface area contributed by atoms with E-state index < -0.39 is 0 Å². The van der Waals surface area contributed by atoms with Crippen molar-refractivity contribution in [3.05, 3.63) is 0 Å². The topological polar surface area (TPSA) is 44.4 Å². The summed E-state index contributed by atoms with van der Waals surface area (Å²) in [5.74, 6) is 0.169. The molecule has 0 aromatic heterocycles. The molecule has 0 bridgehead atoms. The zero-order chi connectivity index (χ0) is 12.2. The lowest BCUT2D eigenvalue weighted by Gasteiger charge is -2.19. The predicted molar refractivity (Wildman–Crippen MR) is 83.1 cm³/mol. The van der Waals surface area contributed by atoms with Crippen molar-refractivity contribution in [1.82, 2.24) is 15.5 Å². The first-order valence-electron chi connectivity index (χ1n) is 6.38. The summed E-state index contributed by atoms with van der Waals surface area (Å²) in [6.07, 6.45) is 2.71. The highest BCUT2D eigenvalue weighted by Gasteiger charge is 2.02. The minimum absolute atomic E-state index is 0. The lowest BCUT2D eigenvalue weighted by molar-refractivity contribution is -0.121. The van der Waals surface area contributed by atoms with Gasteiger partial charge in [0.1, 0.15) is 0 Å². The fourth-order valence-corrected chi connectivity index (χ4v) is 1.61. The van der Waals surface area contributed by atoms with Gasteiger partial charge < -0.3 is 15.5 Å². The van der Waals surface area contributed by atoms with Crippen LogP contribution < -0.4 is 10.6 Å². The molecule has 0 unspecified atom stereocenters. The molecule has 0 rings (SSSR count). The number of nitrogens with zero attached hydrogens (tertiary/aromatic N) is 1. The van der Waals surface area contributed by atoms with Crippen LogP contribution in [0.4, 0.5) is 0 Å². The van der Waals surface area contributed by atoms with E-state index in [2.05, 4.69) is 29.4 Å². The smallest absolute Gasteiger partial charge is 0.220 e. The third-order valence-corrected chi connectivity index (χ3v) is 2.57. The Morgan fingerprint density at radius 1 is 1.11 bits per heavy atom. The van der Waals surface area contributed by atoms with Crippen LogP contribution in [0, 0.1) is 0 Å². The molecule has 1 amide bonds. The summed E-state index contributed by atoms with van der Waals surface area (Å²) in [6.45, 7) is 9.15. The summed E-state index contributed by atoms with van der Waals surface area (Å²) in [7, 11) is 1.90. The number of likely N-dealkylation sites (N-methyl/N-ethyl adjacent to an activating group) is 1. The van der Waals surface area contributed by atoms with Gasteiger partial charge in [-0.3, -0.25) is 4.79 Å². The molecule has 0 aromatic rings. The van der Waals surface area contributed by atoms with Gasteiger partial charge in [0.25, 0.3) is 0 Å². The molecule has 0 saturated carbocycles. The number of carbonyl (C=O) groups excluding carboxylic acids is 1. The van der Waals surface area contributed by atoms with E-state index in [0.29, 0.717) is 6.42 Å². The van der Waals surface area contributed by atoms with Crippen LogP contribution in [0.15, 0.2) is 0 Å². The van der Waals surface area contributed by atoms with Gasteiger partial charge in [0, 0.05) is 19.5 Å². The molecule has 2 N–H and O–H groups in total. The van der Waals surface area contributed by atoms with E-state index in [-0.39, 0.29) is 30.7 Å². The largest absolute Gasteiger partial charge is 0.355 e. The molecule has 0 aliphatic heterocycles. The van der Waals surface area contributed by atoms with Crippen LogP contribution in [-0.4, -0.2) is 50.6 Å². The van der Waals surface area contributed by atoms with Gasteiger partial charge in [-0.25, -0.2) is 0 Å². The van der Waals surface area contributed by atoms with Crippen LogP contribution in [0.1, 0.15) is 33.1 Å². The average molecular weight is 302 g/mol. The molecule has 0 aliphatic rings. The Morgan fingerprint density at radius 3 is 2.28 bits per heavy atom. The van der Waals surface area contributed by atoms with Crippen molar-refractivity contribution in [1.29, 1.82) is 0 Å². The van der Waals surface area contributed by atoms with E-state index in [4.69, 9.17) is 0 Å². The van der Waals surface area contributed by atoms with Crippen LogP contribution in [0.25, 0.3) is 0 Å². The Balaban J connectivity index is -0.00000112. The predicted octanol–water partition coefficient (Wildman–Crippen LogP) is 1.68. The Hall–Kier alpha value is -0.0300. The summed E-state index contributed by atoms with van der Waals surface area (Å²) >= 11 is 0. The molecule has 18 heavy (non-hydrogen) atoms. The van der Waals surface area contributed by atoms with Crippen molar-refractivity contribution in [2.75, 3.05) is 39.8 Å². The Bertz CT molecular complexity index is 183. The van der Waals surface area contributed by atoms with E-state index in [1.807, 2.05) is 7.05 Å². The summed E-state index contributed by atoms with van der Waals surface area (Å²) in [4.78, 5) is 13.7. The number of hydrogen-bond donors (Lipinski definition) is 2. The second kappa shape index (κ2) is 17.0. The lowest BCUT2D eigenvalue weighted by atomic mass is 10.3. The fourth-order valence-electron chi connectivity index (χ4n) is 1.61. The van der Waals surface area contributed by atoms with Crippen LogP contribution >= 0.6 is 24.8 Å². The number of nitrogens with one attached hydrogen (secondary N) is 2. The number of amides is 1. The second-order valence-electron chi connectivity index (χ2n) is 3.99. The zero-order valence-corrected chi connectivity index (χ0v) is 13.5. The highest BCUT2D eigenvalue weighted by Crippen LogP contribution is 1.90. The van der Waals surface area contributed by atoms with Crippen LogP contribution in [0.5, 0.6) is 0 Å². The molecule has 0 atom stereocenters. The van der Waals surface area contributed by atoms with Gasteiger partial charge >= 0.3 is 0 Å². The van der Waals surface area contributed by atoms with Gasteiger partial charge in [0.15, 0.2) is 0 Å². The third kappa shape index (κ3) is 14.0. The molecule has 0 aliphatic carbocycles. The highest BCUT2D eigenvalue weighted by atomic mass is 35.5. The first kappa shape index (κ1) is 23.1. The van der Waals surface area contributed by atoms with E-state index >= 15 is 0 Å². The van der Waals surface area contributed by atoms with Crippen LogP contribution in [0.3, 0.4) is 0 Å². The number of carbonyl (C=O) groups is 1. The summed E-state index contributed by atoms with van der Waals surface area (Å²) in [6, 6.07) is 0. The minimum Gasteiger partial charge on any atom is -0.355 e. The lowest BCUT2D eigenvalue weighted by Crippen LogP contribution is -2.35. The van der Waals surface area contributed by atoms with Crippen molar-refractivity contribution in [3.8, 4) is 0 Å². The maximum atomic E-state index is 11.4. The summed E-state index contributed by atoms with van der Waals surface area (Å²) in [5.41, 5.74) is 0. The average Bonchev–Trinajstić information content (AvgIpc) is 2.28. The Labute approximate surface area is 124 Å². The number of hydrogen-bond acceptors (Lipinski definition) is 3. The van der Waals surface area contributed by atoms with E-state index in [9.17, 15) is 4.79 Å². The summed E-state index contributed by atoms with van der Waals surface area (Å²) < 4.78 is 0. The summed E-state index contributed by atoms with van der Waals surface area (Å²) in [5, 5.41) is 5.99. The number of halogens is 2. The van der Waals surface area contributed by atoms with Gasteiger partial charge in [-0.05, 0) is 39.5 Å². The minimum atomic E-state index is 0. The van der Waals surface area contributed by atoms with Crippen LogP contribution in [-0.2, 0) is 4.79 Å². The molecule has 6 heteroatoms. The Kier molecular flexibility index (Phi) is 21.8. The van der Waals surface area contributed by atoms with Crippen LogP contribution in [0.2, 0.25) is 0 Å². The van der Waals surface area contributed by atoms with E-state index in [1.165, 1.54) is 6.42 Å². The normalized spacial score (nSPS) is 9.56. The highest BCUT2D eigenvalue weighted by molar-refractivity contribution is 5.85. The molecule has 0 radical (unpaired) electrons. The maximum absolute atomic E-state index is 11.4. The fraction of sp³-hybridized carbons (Fsp3) is 0.917. The SMILES string of the molecule is CCCN(CC)CCNC(=O)CCCNC.Cl.Cl. The Morgan fingerprint density at radius 2 is 1.78 bits per heavy atom. The quantitative estimate of drug-likeness (QED) is 0.604. The number of rotatable bonds is 10. The first-order valence-corrected chi connectivity index (χ1v) is 6.38. The first-order chi connectivity index (χ1) is 7.74. The standard InChI is InChI=1S/C12H27N3O.2ClH/c1-4-10-15(5-2)11-9-14-12(16)7-6-8-13-3;;/h13H,4-11H2,1-3H3,(H,14,16);2*1H. The van der Waals surface area contributed by atoms with Gasteiger partial charge in [-0.2, -0.15) is 0 Å². The van der Waals surface area contributed by atoms with Crippen molar-refractivity contribution in [2.24, 2.45) is 0 Å². The molecule has 0 fully saturated rings. The molecule has 4 nitrogen and oxygen atoms in total. The molecule has 0 heterocycles. The monoisotopic (exact) mass is 301 g/mol. The van der Waals surface area contributed by atoms with Crippen molar-refractivity contribution in [2.45, 2.75) is 33.1 Å². The molecule has 0 spiro atoms. The van der Waals surface area contributed by atoms with Gasteiger partial charge in [-0.1, -0.05) is 13.8 Å². The molecular weight excluding hydrogens is 273 g/mol. The van der Waals surface area contributed by atoms with Gasteiger partial charge in [0.2, 0.25) is 5.91 Å². The maximum Gasteiger partial charge on any atom is 0.220 e. The van der Waals surface area contributed by atoms with Crippen molar-refractivity contribution in [3.63, 3.8) is 0 Å². The van der Waals surface area contributed by atoms with E-state index in [1.54, 1.807) is 0 Å². The zero-order valence-electron chi connectivity index (χ0n) is 11.8. The molecular formula is C12H29Cl2N3O. The molecule has 0 aromatic carbocycles. The second-order valence-corrected chi connectivity index (χ2v) is 3.99. The van der Waals surface area contributed by atoms with Crippen molar-refractivity contribution >= 4 is 30.7 Å². The molecule has 0 saturated heterocycles. The van der Waals surface area contributed by atoms with Gasteiger partial charge in [-0.15, -0.1) is 24.8 Å². The molecule has 112 valence electrons. The van der Waals surface area contributed by atoms with Gasteiger partial charge in [0.05, 0.1) is 0 Å². The third-order valence-electron chi connectivity index (χ3n) is 2.57. The van der Waals surface area contributed by atoms with E-state index in [0.717, 1.165) is 39.1 Å².